The Morgan fingerprint density at radius 2 is 1.68 bits per heavy atom. The fourth-order valence-electron chi connectivity index (χ4n) is 2.70. The van der Waals surface area contributed by atoms with Gasteiger partial charge in [0.05, 0.1) is 5.75 Å². The lowest BCUT2D eigenvalue weighted by atomic mass is 10.2. The van der Waals surface area contributed by atoms with E-state index in [1.807, 2.05) is 24.3 Å². The Morgan fingerprint density at radius 3 is 2.32 bits per heavy atom. The SMILES string of the molecule is CN1CCN(c2ccc(NC(=O)CSc3ccc(F)cc3)cc2)CC1. The number of anilines is 2. The van der Waals surface area contributed by atoms with Gasteiger partial charge in [-0.3, -0.25) is 4.79 Å². The minimum atomic E-state index is -0.269. The smallest absolute Gasteiger partial charge is 0.234 e. The van der Waals surface area contributed by atoms with Crippen LogP contribution in [0.3, 0.4) is 0 Å². The first-order valence-corrected chi connectivity index (χ1v) is 9.30. The van der Waals surface area contributed by atoms with Crippen molar-refractivity contribution in [2.75, 3.05) is 49.2 Å². The average molecular weight is 359 g/mol. The first kappa shape index (κ1) is 17.8. The highest BCUT2D eigenvalue weighted by molar-refractivity contribution is 8.00. The van der Waals surface area contributed by atoms with E-state index in [-0.39, 0.29) is 11.7 Å². The lowest BCUT2D eigenvalue weighted by Crippen LogP contribution is -2.44. The molecule has 1 fully saturated rings. The van der Waals surface area contributed by atoms with Crippen LogP contribution in [0.4, 0.5) is 15.8 Å². The number of thioether (sulfide) groups is 1. The molecule has 3 rings (SSSR count). The molecule has 132 valence electrons. The van der Waals surface area contributed by atoms with Crippen LogP contribution < -0.4 is 10.2 Å². The highest BCUT2D eigenvalue weighted by atomic mass is 32.2. The summed E-state index contributed by atoms with van der Waals surface area (Å²) in [5.41, 5.74) is 1.98. The van der Waals surface area contributed by atoms with Gasteiger partial charge in [-0.25, -0.2) is 4.39 Å². The van der Waals surface area contributed by atoms with Crippen molar-refractivity contribution >= 4 is 29.0 Å². The molecule has 0 aromatic heterocycles. The van der Waals surface area contributed by atoms with Gasteiger partial charge < -0.3 is 15.1 Å². The third kappa shape index (κ3) is 5.21. The summed E-state index contributed by atoms with van der Waals surface area (Å²) in [7, 11) is 2.14. The Hall–Kier alpha value is -2.05. The Balaban J connectivity index is 1.49. The zero-order valence-electron chi connectivity index (χ0n) is 14.2. The molecule has 0 radical (unpaired) electrons. The van der Waals surface area contributed by atoms with Gasteiger partial charge >= 0.3 is 0 Å². The molecule has 1 N–H and O–H groups in total. The molecule has 0 spiro atoms. The van der Waals surface area contributed by atoms with Gasteiger partial charge in [0.15, 0.2) is 0 Å². The normalized spacial score (nSPS) is 15.2. The second kappa shape index (κ2) is 8.36. The van der Waals surface area contributed by atoms with Gasteiger partial charge in [0.1, 0.15) is 5.82 Å². The molecule has 4 nitrogen and oxygen atoms in total. The van der Waals surface area contributed by atoms with Crippen LogP contribution >= 0.6 is 11.8 Å². The summed E-state index contributed by atoms with van der Waals surface area (Å²) < 4.78 is 12.9. The van der Waals surface area contributed by atoms with Crippen LogP contribution in [0, 0.1) is 5.82 Å². The van der Waals surface area contributed by atoms with Gasteiger partial charge in [-0.15, -0.1) is 11.8 Å². The van der Waals surface area contributed by atoms with Crippen molar-refractivity contribution in [1.82, 2.24) is 4.90 Å². The predicted octanol–water partition coefficient (Wildman–Crippen LogP) is 3.31. The summed E-state index contributed by atoms with van der Waals surface area (Å²) in [4.78, 5) is 17.6. The average Bonchev–Trinajstić information content (AvgIpc) is 2.63. The van der Waals surface area contributed by atoms with E-state index in [2.05, 4.69) is 22.2 Å². The molecule has 25 heavy (non-hydrogen) atoms. The van der Waals surface area contributed by atoms with Crippen LogP contribution in [0.2, 0.25) is 0 Å². The maximum atomic E-state index is 12.9. The minimum absolute atomic E-state index is 0.0679. The van der Waals surface area contributed by atoms with Crippen LogP contribution in [0.5, 0.6) is 0 Å². The van der Waals surface area contributed by atoms with Gasteiger partial charge in [-0.2, -0.15) is 0 Å². The third-order valence-electron chi connectivity index (χ3n) is 4.20. The number of benzene rings is 2. The van der Waals surface area contributed by atoms with Crippen LogP contribution in [0.1, 0.15) is 0 Å². The van der Waals surface area contributed by atoms with E-state index in [0.717, 1.165) is 36.8 Å². The maximum absolute atomic E-state index is 12.9. The van der Waals surface area contributed by atoms with Crippen molar-refractivity contribution in [3.8, 4) is 0 Å². The Morgan fingerprint density at radius 1 is 1.04 bits per heavy atom. The van der Waals surface area contributed by atoms with Crippen molar-refractivity contribution in [2.24, 2.45) is 0 Å². The van der Waals surface area contributed by atoms with E-state index >= 15 is 0 Å². The van der Waals surface area contributed by atoms with E-state index in [0.29, 0.717) is 5.75 Å². The van der Waals surface area contributed by atoms with Crippen molar-refractivity contribution in [1.29, 1.82) is 0 Å². The molecule has 2 aromatic rings. The van der Waals surface area contributed by atoms with Crippen LogP contribution in [-0.2, 0) is 4.79 Å². The number of hydrogen-bond donors (Lipinski definition) is 1. The lowest BCUT2D eigenvalue weighted by Gasteiger charge is -2.34. The molecule has 1 saturated heterocycles. The number of halogens is 1. The molecule has 0 bridgehead atoms. The summed E-state index contributed by atoms with van der Waals surface area (Å²) in [6.45, 7) is 4.19. The number of amides is 1. The van der Waals surface area contributed by atoms with Gasteiger partial charge in [-0.1, -0.05) is 0 Å². The van der Waals surface area contributed by atoms with Crippen LogP contribution in [-0.4, -0.2) is 49.8 Å². The van der Waals surface area contributed by atoms with Crippen LogP contribution in [0.25, 0.3) is 0 Å². The summed E-state index contributed by atoms with van der Waals surface area (Å²) in [5, 5.41) is 2.90. The molecular formula is C19H22FN3OS. The molecule has 1 heterocycles. The molecule has 1 aliphatic heterocycles. The zero-order valence-corrected chi connectivity index (χ0v) is 15.1. The van der Waals surface area contributed by atoms with Gasteiger partial charge in [-0.05, 0) is 55.6 Å². The Bertz CT molecular complexity index is 698. The second-order valence-corrected chi connectivity index (χ2v) is 7.18. The molecular weight excluding hydrogens is 337 g/mol. The first-order valence-electron chi connectivity index (χ1n) is 8.32. The number of carbonyl (C=O) groups excluding carboxylic acids is 1. The largest absolute Gasteiger partial charge is 0.369 e. The maximum Gasteiger partial charge on any atom is 0.234 e. The highest BCUT2D eigenvalue weighted by Gasteiger charge is 2.14. The molecule has 2 aromatic carbocycles. The summed E-state index contributed by atoms with van der Waals surface area (Å²) >= 11 is 1.39. The van der Waals surface area contributed by atoms with Gasteiger partial charge in [0.25, 0.3) is 0 Å². The number of hydrogen-bond acceptors (Lipinski definition) is 4. The number of piperazine rings is 1. The number of nitrogens with one attached hydrogen (secondary N) is 1. The molecule has 6 heteroatoms. The fourth-order valence-corrected chi connectivity index (χ4v) is 3.40. The zero-order chi connectivity index (χ0) is 17.6. The van der Waals surface area contributed by atoms with E-state index < -0.39 is 0 Å². The topological polar surface area (TPSA) is 35.6 Å². The number of nitrogens with zero attached hydrogens (tertiary/aromatic N) is 2. The summed E-state index contributed by atoms with van der Waals surface area (Å²) in [6, 6.07) is 14.1. The van der Waals surface area contributed by atoms with Gasteiger partial charge in [0, 0.05) is 42.4 Å². The van der Waals surface area contributed by atoms with Crippen molar-refractivity contribution in [3.05, 3.63) is 54.3 Å². The van der Waals surface area contributed by atoms with E-state index in [1.54, 1.807) is 12.1 Å². The van der Waals surface area contributed by atoms with Crippen LogP contribution in [0.15, 0.2) is 53.4 Å². The monoisotopic (exact) mass is 359 g/mol. The highest BCUT2D eigenvalue weighted by Crippen LogP contribution is 2.21. The van der Waals surface area contributed by atoms with Gasteiger partial charge in [0.2, 0.25) is 5.91 Å². The van der Waals surface area contributed by atoms with Crippen molar-refractivity contribution in [2.45, 2.75) is 4.90 Å². The quantitative estimate of drug-likeness (QED) is 0.831. The fraction of sp³-hybridized carbons (Fsp3) is 0.316. The first-order chi connectivity index (χ1) is 12.1. The standard InChI is InChI=1S/C19H22FN3OS/c1-22-10-12-23(13-11-22)17-6-4-16(5-7-17)21-19(24)14-25-18-8-2-15(20)3-9-18/h2-9H,10-14H2,1H3,(H,21,24). The number of rotatable bonds is 5. The van der Waals surface area contributed by atoms with E-state index in [1.165, 1.54) is 29.6 Å². The number of carbonyl (C=O) groups is 1. The van der Waals surface area contributed by atoms with Crippen molar-refractivity contribution < 1.29 is 9.18 Å². The molecule has 0 atom stereocenters. The van der Waals surface area contributed by atoms with Crippen molar-refractivity contribution in [3.63, 3.8) is 0 Å². The second-order valence-electron chi connectivity index (χ2n) is 6.13. The van der Waals surface area contributed by atoms with E-state index in [9.17, 15) is 9.18 Å². The Kier molecular flexibility index (Phi) is 5.94. The minimum Gasteiger partial charge on any atom is -0.369 e. The Labute approximate surface area is 152 Å². The molecule has 1 aliphatic rings. The molecule has 1 amide bonds. The lowest BCUT2D eigenvalue weighted by molar-refractivity contribution is -0.113. The molecule has 0 aliphatic carbocycles. The summed E-state index contributed by atoms with van der Waals surface area (Å²) in [5.74, 6) is -0.0397. The predicted molar refractivity (Wildman–Crippen MR) is 102 cm³/mol. The third-order valence-corrected chi connectivity index (χ3v) is 5.22. The molecule has 0 unspecified atom stereocenters. The number of likely N-dealkylation sites (N-methyl/N-ethyl adjacent to an activating group) is 1. The van der Waals surface area contributed by atoms with E-state index in [4.69, 9.17) is 0 Å². The summed E-state index contributed by atoms with van der Waals surface area (Å²) in [6.07, 6.45) is 0. The molecule has 0 saturated carbocycles.